The van der Waals surface area contributed by atoms with E-state index in [0.717, 1.165) is 12.0 Å². The Balaban J connectivity index is 0.000000777. The third-order valence-corrected chi connectivity index (χ3v) is 4.39. The molecule has 0 aromatic heterocycles. The largest absolute Gasteiger partial charge is 0.469 e. The fourth-order valence-corrected chi connectivity index (χ4v) is 2.61. The van der Waals surface area contributed by atoms with Crippen molar-refractivity contribution in [3.8, 4) is 0 Å². The second kappa shape index (κ2) is 8.13. The van der Waals surface area contributed by atoms with Crippen LogP contribution in [0.5, 0.6) is 0 Å². The molecule has 0 heterocycles. The normalized spacial score (nSPS) is 19.8. The van der Waals surface area contributed by atoms with E-state index in [9.17, 15) is 9.59 Å². The summed E-state index contributed by atoms with van der Waals surface area (Å²) in [7, 11) is 1.35. The lowest BCUT2D eigenvalue weighted by molar-refractivity contribution is -0.166. The standard InChI is InChI=1S/C16H20O2.C3H6O2.CH4/c1-11(2)14(17)18-16(5)13-9-7-6-8-12(13)10-15(16,3)4;1-3(4)5-2;/h6-9H,1,10H2,2-5H3;1-2H3;1H4. The van der Waals surface area contributed by atoms with Crippen molar-refractivity contribution in [2.45, 2.75) is 54.1 Å². The van der Waals surface area contributed by atoms with Crippen molar-refractivity contribution in [3.63, 3.8) is 0 Å². The SMILES string of the molecule is C.C=C(C)C(=O)OC1(C)c2ccccc2CC1(C)C.COC(C)=O. The van der Waals surface area contributed by atoms with Gasteiger partial charge in [-0.2, -0.15) is 0 Å². The number of rotatable bonds is 2. The molecule has 0 amide bonds. The summed E-state index contributed by atoms with van der Waals surface area (Å²) in [4.78, 5) is 21.5. The summed E-state index contributed by atoms with van der Waals surface area (Å²) in [5.41, 5.74) is 2.13. The highest BCUT2D eigenvalue weighted by molar-refractivity contribution is 5.87. The number of ether oxygens (including phenoxy) is 2. The van der Waals surface area contributed by atoms with Crippen LogP contribution in [-0.4, -0.2) is 19.0 Å². The van der Waals surface area contributed by atoms with E-state index in [1.54, 1.807) is 6.92 Å². The Morgan fingerprint density at radius 2 is 1.62 bits per heavy atom. The van der Waals surface area contributed by atoms with E-state index in [-0.39, 0.29) is 24.8 Å². The smallest absolute Gasteiger partial charge is 0.334 e. The molecule has 0 spiro atoms. The Labute approximate surface area is 145 Å². The van der Waals surface area contributed by atoms with Crippen molar-refractivity contribution in [2.75, 3.05) is 7.11 Å². The van der Waals surface area contributed by atoms with Gasteiger partial charge in [0, 0.05) is 17.9 Å². The van der Waals surface area contributed by atoms with Gasteiger partial charge in [-0.15, -0.1) is 0 Å². The van der Waals surface area contributed by atoms with Crippen LogP contribution >= 0.6 is 0 Å². The lowest BCUT2D eigenvalue weighted by Gasteiger charge is -2.38. The summed E-state index contributed by atoms with van der Waals surface area (Å²) in [6.07, 6.45) is 0.920. The van der Waals surface area contributed by atoms with Crippen LogP contribution in [0.2, 0.25) is 0 Å². The highest BCUT2D eigenvalue weighted by atomic mass is 16.6. The van der Waals surface area contributed by atoms with Crippen LogP contribution in [0.4, 0.5) is 0 Å². The third kappa shape index (κ3) is 4.47. The van der Waals surface area contributed by atoms with Gasteiger partial charge < -0.3 is 9.47 Å². The Kier molecular flexibility index (Phi) is 7.42. The molecule has 1 unspecified atom stereocenters. The predicted octanol–water partition coefficient (Wildman–Crippen LogP) is 4.42. The Hall–Kier alpha value is -2.10. The van der Waals surface area contributed by atoms with Gasteiger partial charge in [-0.05, 0) is 31.4 Å². The fraction of sp³-hybridized carbons (Fsp3) is 0.500. The van der Waals surface area contributed by atoms with Crippen molar-refractivity contribution in [1.29, 1.82) is 0 Å². The minimum absolute atomic E-state index is 0. The highest BCUT2D eigenvalue weighted by Gasteiger charge is 2.51. The molecule has 134 valence electrons. The summed E-state index contributed by atoms with van der Waals surface area (Å²) in [5, 5.41) is 0. The molecule has 1 aromatic rings. The molecule has 1 aromatic carbocycles. The van der Waals surface area contributed by atoms with Gasteiger partial charge in [0.05, 0.1) is 7.11 Å². The first kappa shape index (κ1) is 21.9. The Bertz CT molecular complexity index is 616. The number of hydrogen-bond donors (Lipinski definition) is 0. The molecule has 0 saturated carbocycles. The van der Waals surface area contributed by atoms with E-state index in [2.05, 4.69) is 37.3 Å². The molecule has 1 atom stereocenters. The van der Waals surface area contributed by atoms with Crippen molar-refractivity contribution in [3.05, 3.63) is 47.5 Å². The monoisotopic (exact) mass is 334 g/mol. The molecular weight excluding hydrogens is 304 g/mol. The molecule has 4 nitrogen and oxygen atoms in total. The van der Waals surface area contributed by atoms with Crippen LogP contribution < -0.4 is 0 Å². The first-order chi connectivity index (χ1) is 10.5. The van der Waals surface area contributed by atoms with Gasteiger partial charge >= 0.3 is 11.9 Å². The number of methoxy groups -OCH3 is 1. The molecule has 2 rings (SSSR count). The lowest BCUT2D eigenvalue weighted by Crippen LogP contribution is -2.40. The van der Waals surface area contributed by atoms with Gasteiger partial charge in [0.25, 0.3) is 0 Å². The van der Waals surface area contributed by atoms with E-state index >= 15 is 0 Å². The molecule has 0 fully saturated rings. The molecule has 1 aliphatic rings. The van der Waals surface area contributed by atoms with Crippen LogP contribution in [0.3, 0.4) is 0 Å². The molecule has 0 bridgehead atoms. The maximum Gasteiger partial charge on any atom is 0.334 e. The number of esters is 2. The summed E-state index contributed by atoms with van der Waals surface area (Å²) < 4.78 is 9.87. The van der Waals surface area contributed by atoms with Gasteiger partial charge in [0.1, 0.15) is 5.60 Å². The van der Waals surface area contributed by atoms with E-state index in [1.165, 1.54) is 19.6 Å². The average molecular weight is 334 g/mol. The maximum absolute atomic E-state index is 11.9. The first-order valence-electron chi connectivity index (χ1n) is 7.57. The molecule has 4 heteroatoms. The number of fused-ring (bicyclic) bond motifs is 1. The van der Waals surface area contributed by atoms with Crippen LogP contribution in [0.15, 0.2) is 36.4 Å². The molecule has 1 aliphatic carbocycles. The van der Waals surface area contributed by atoms with Gasteiger partial charge in [-0.1, -0.05) is 52.1 Å². The van der Waals surface area contributed by atoms with E-state index in [1.807, 2.05) is 19.1 Å². The van der Waals surface area contributed by atoms with E-state index in [4.69, 9.17) is 4.74 Å². The Morgan fingerprint density at radius 1 is 1.12 bits per heavy atom. The zero-order valence-electron chi connectivity index (χ0n) is 14.9. The van der Waals surface area contributed by atoms with Gasteiger partial charge in [0.2, 0.25) is 0 Å². The second-order valence-electron chi connectivity index (χ2n) is 6.62. The number of carbonyl (C=O) groups excluding carboxylic acids is 2. The maximum atomic E-state index is 11.9. The Morgan fingerprint density at radius 3 is 2.08 bits per heavy atom. The third-order valence-electron chi connectivity index (χ3n) is 4.39. The summed E-state index contributed by atoms with van der Waals surface area (Å²) in [6, 6.07) is 8.18. The molecule has 24 heavy (non-hydrogen) atoms. The van der Waals surface area contributed by atoms with Crippen LogP contribution in [0.1, 0.15) is 53.2 Å². The van der Waals surface area contributed by atoms with Crippen molar-refractivity contribution in [2.24, 2.45) is 5.41 Å². The zero-order valence-corrected chi connectivity index (χ0v) is 14.9. The van der Waals surface area contributed by atoms with Gasteiger partial charge in [-0.3, -0.25) is 4.79 Å². The number of benzene rings is 1. The van der Waals surface area contributed by atoms with Crippen LogP contribution in [-0.2, 0) is 31.1 Å². The average Bonchev–Trinajstić information content (AvgIpc) is 2.66. The van der Waals surface area contributed by atoms with E-state index < -0.39 is 5.60 Å². The van der Waals surface area contributed by atoms with Gasteiger partial charge in [-0.25, -0.2) is 4.79 Å². The minimum Gasteiger partial charge on any atom is -0.469 e. The number of carbonyl (C=O) groups is 2. The van der Waals surface area contributed by atoms with Crippen LogP contribution in [0, 0.1) is 5.41 Å². The van der Waals surface area contributed by atoms with Gasteiger partial charge in [0.15, 0.2) is 0 Å². The van der Waals surface area contributed by atoms with E-state index in [0.29, 0.717) is 5.57 Å². The fourth-order valence-electron chi connectivity index (χ4n) is 2.61. The zero-order chi connectivity index (χ0) is 17.8. The summed E-state index contributed by atoms with van der Waals surface area (Å²) in [6.45, 7) is 13.0. The van der Waals surface area contributed by atoms with Crippen molar-refractivity contribution < 1.29 is 19.1 Å². The number of hydrogen-bond acceptors (Lipinski definition) is 4. The quantitative estimate of drug-likeness (QED) is 0.593. The molecule has 0 aliphatic heterocycles. The minimum atomic E-state index is -0.584. The lowest BCUT2D eigenvalue weighted by atomic mass is 9.76. The van der Waals surface area contributed by atoms with Crippen molar-refractivity contribution >= 4 is 11.9 Å². The van der Waals surface area contributed by atoms with Crippen molar-refractivity contribution in [1.82, 2.24) is 0 Å². The molecule has 0 N–H and O–H groups in total. The predicted molar refractivity (Wildman–Crippen MR) is 96.6 cm³/mol. The molecular formula is C20H30O4. The summed E-state index contributed by atoms with van der Waals surface area (Å²) >= 11 is 0. The van der Waals surface area contributed by atoms with Crippen LogP contribution in [0.25, 0.3) is 0 Å². The second-order valence-corrected chi connectivity index (χ2v) is 6.62. The molecule has 0 radical (unpaired) electrons. The highest BCUT2D eigenvalue weighted by Crippen LogP contribution is 2.52. The summed E-state index contributed by atoms with van der Waals surface area (Å²) in [5.74, 6) is -0.563. The first-order valence-corrected chi connectivity index (χ1v) is 7.57. The molecule has 0 saturated heterocycles. The topological polar surface area (TPSA) is 52.6 Å².